The van der Waals surface area contributed by atoms with Crippen LogP contribution in [-0.2, 0) is 16.0 Å². The lowest BCUT2D eigenvalue weighted by atomic mass is 10.1. The van der Waals surface area contributed by atoms with Crippen molar-refractivity contribution in [2.75, 3.05) is 6.61 Å². The van der Waals surface area contributed by atoms with E-state index in [1.54, 1.807) is 36.4 Å². The standard InChI is InChI=1S/C20H24O6S/c1-3-8-16-17(22)11-7-12-18(16)26-20(19(23)24,25-13-14(2)21)27-15-9-5-4-6-10-15/h4-7,9-12,14,21-22H,3,8,13H2,1-2H3,(H,23,24). The molecule has 0 aliphatic carbocycles. The fourth-order valence-corrected chi connectivity index (χ4v) is 3.35. The maximum absolute atomic E-state index is 12.2. The van der Waals surface area contributed by atoms with Gasteiger partial charge in [-0.05, 0) is 49.4 Å². The molecule has 0 saturated heterocycles. The van der Waals surface area contributed by atoms with Crippen LogP contribution in [-0.4, -0.2) is 39.1 Å². The minimum Gasteiger partial charge on any atom is -0.508 e. The molecule has 2 unspecified atom stereocenters. The normalized spacial score (nSPS) is 14.3. The number of benzene rings is 2. The summed E-state index contributed by atoms with van der Waals surface area (Å²) in [6, 6.07) is 13.6. The van der Waals surface area contributed by atoms with Gasteiger partial charge >= 0.3 is 11.1 Å². The predicted octanol–water partition coefficient (Wildman–Crippen LogP) is 3.65. The van der Waals surface area contributed by atoms with Crippen molar-refractivity contribution in [3.05, 3.63) is 54.1 Å². The van der Waals surface area contributed by atoms with Gasteiger partial charge in [0.25, 0.3) is 0 Å². The van der Waals surface area contributed by atoms with E-state index in [9.17, 15) is 20.1 Å². The Bertz CT molecular complexity index is 749. The Morgan fingerprint density at radius 1 is 1.19 bits per heavy atom. The first-order chi connectivity index (χ1) is 12.9. The fraction of sp³-hybridized carbons (Fsp3) is 0.350. The summed E-state index contributed by atoms with van der Waals surface area (Å²) in [4.78, 5) is 12.8. The number of rotatable bonds is 10. The first kappa shape index (κ1) is 21.1. The number of phenols is 1. The maximum Gasteiger partial charge on any atom is 0.389 e. The molecule has 146 valence electrons. The van der Waals surface area contributed by atoms with E-state index in [2.05, 4.69) is 0 Å². The lowest BCUT2D eigenvalue weighted by Crippen LogP contribution is -2.45. The molecule has 0 amide bonds. The van der Waals surface area contributed by atoms with Crippen LogP contribution in [0.1, 0.15) is 25.8 Å². The fourth-order valence-electron chi connectivity index (χ4n) is 2.40. The van der Waals surface area contributed by atoms with Gasteiger partial charge in [0.2, 0.25) is 0 Å². The highest BCUT2D eigenvalue weighted by Gasteiger charge is 2.45. The number of aliphatic carboxylic acids is 1. The molecule has 27 heavy (non-hydrogen) atoms. The number of carboxylic acids is 1. The number of ether oxygens (including phenoxy) is 2. The highest BCUT2D eigenvalue weighted by atomic mass is 32.2. The number of carbonyl (C=O) groups is 1. The first-order valence-electron chi connectivity index (χ1n) is 8.67. The minimum atomic E-state index is -2.12. The van der Waals surface area contributed by atoms with Crippen molar-refractivity contribution in [2.45, 2.75) is 42.8 Å². The Hall–Kier alpha value is -2.22. The topological polar surface area (TPSA) is 96.2 Å². The van der Waals surface area contributed by atoms with Crippen LogP contribution in [0.25, 0.3) is 0 Å². The van der Waals surface area contributed by atoms with E-state index >= 15 is 0 Å². The second-order valence-corrected chi connectivity index (χ2v) is 7.26. The lowest BCUT2D eigenvalue weighted by molar-refractivity contribution is -0.185. The van der Waals surface area contributed by atoms with Gasteiger partial charge < -0.3 is 24.8 Å². The molecule has 7 heteroatoms. The molecule has 3 N–H and O–H groups in total. The molecular weight excluding hydrogens is 368 g/mol. The summed E-state index contributed by atoms with van der Waals surface area (Å²) in [6.45, 7) is 3.22. The second kappa shape index (κ2) is 9.64. The number of hydrogen-bond donors (Lipinski definition) is 3. The third-order valence-corrected chi connectivity index (χ3v) is 4.78. The van der Waals surface area contributed by atoms with Crippen molar-refractivity contribution >= 4 is 17.7 Å². The summed E-state index contributed by atoms with van der Waals surface area (Å²) in [6.07, 6.45) is 0.390. The zero-order valence-corrected chi connectivity index (χ0v) is 16.1. The van der Waals surface area contributed by atoms with Gasteiger partial charge in [-0.25, -0.2) is 4.79 Å². The summed E-state index contributed by atoms with van der Waals surface area (Å²) < 4.78 is 11.4. The van der Waals surface area contributed by atoms with Crippen molar-refractivity contribution in [1.29, 1.82) is 0 Å². The summed E-state index contributed by atoms with van der Waals surface area (Å²) >= 11 is 0.877. The molecule has 0 aliphatic rings. The quantitative estimate of drug-likeness (QED) is 0.419. The van der Waals surface area contributed by atoms with Gasteiger partial charge in [-0.3, -0.25) is 0 Å². The van der Waals surface area contributed by atoms with Crippen molar-refractivity contribution in [2.24, 2.45) is 0 Å². The molecule has 0 saturated carbocycles. The van der Waals surface area contributed by atoms with Gasteiger partial charge in [0, 0.05) is 10.5 Å². The predicted molar refractivity (Wildman–Crippen MR) is 103 cm³/mol. The van der Waals surface area contributed by atoms with Crippen molar-refractivity contribution < 1.29 is 29.6 Å². The van der Waals surface area contributed by atoms with Gasteiger partial charge in [-0.1, -0.05) is 37.6 Å². The zero-order chi connectivity index (χ0) is 19.9. The van der Waals surface area contributed by atoms with Crippen LogP contribution in [0.5, 0.6) is 11.5 Å². The number of hydrogen-bond acceptors (Lipinski definition) is 6. The smallest absolute Gasteiger partial charge is 0.389 e. The molecule has 0 aromatic heterocycles. The Morgan fingerprint density at radius 3 is 2.48 bits per heavy atom. The average Bonchev–Trinajstić information content (AvgIpc) is 2.63. The largest absolute Gasteiger partial charge is 0.508 e. The van der Waals surface area contributed by atoms with Crippen LogP contribution in [0, 0.1) is 0 Å². The average molecular weight is 392 g/mol. The van der Waals surface area contributed by atoms with Gasteiger partial charge in [0.05, 0.1) is 12.7 Å². The molecule has 2 atom stereocenters. The Kier molecular flexibility index (Phi) is 7.53. The molecule has 2 aromatic carbocycles. The lowest BCUT2D eigenvalue weighted by Gasteiger charge is -2.30. The monoisotopic (exact) mass is 392 g/mol. The van der Waals surface area contributed by atoms with Crippen molar-refractivity contribution in [3.63, 3.8) is 0 Å². The van der Waals surface area contributed by atoms with E-state index in [4.69, 9.17) is 9.47 Å². The van der Waals surface area contributed by atoms with E-state index in [0.29, 0.717) is 16.9 Å². The minimum absolute atomic E-state index is 0.0360. The Balaban J connectivity index is 2.45. The molecule has 2 aromatic rings. The van der Waals surface area contributed by atoms with Crippen LogP contribution >= 0.6 is 11.8 Å². The number of thioether (sulfide) groups is 1. The summed E-state index contributed by atoms with van der Waals surface area (Å²) in [5.41, 5.74) is 0.514. The molecular formula is C20H24O6S. The SMILES string of the molecule is CCCc1c(O)cccc1OC(OCC(C)O)(Sc1ccccc1)C(=O)O. The van der Waals surface area contributed by atoms with E-state index in [1.165, 1.54) is 13.0 Å². The van der Waals surface area contributed by atoms with E-state index < -0.39 is 17.2 Å². The van der Waals surface area contributed by atoms with E-state index in [1.807, 2.05) is 13.0 Å². The van der Waals surface area contributed by atoms with Crippen LogP contribution in [0.3, 0.4) is 0 Å². The zero-order valence-electron chi connectivity index (χ0n) is 15.3. The van der Waals surface area contributed by atoms with E-state index in [0.717, 1.165) is 18.2 Å². The number of carboxylic acid groups (broad SMARTS) is 1. The van der Waals surface area contributed by atoms with Crippen LogP contribution in [0.2, 0.25) is 0 Å². The van der Waals surface area contributed by atoms with Crippen molar-refractivity contribution in [1.82, 2.24) is 0 Å². The molecule has 6 nitrogen and oxygen atoms in total. The van der Waals surface area contributed by atoms with Crippen molar-refractivity contribution in [3.8, 4) is 11.5 Å². The maximum atomic E-state index is 12.2. The summed E-state index contributed by atoms with van der Waals surface area (Å²) in [5, 5.41) is 27.6. The van der Waals surface area contributed by atoms with Gasteiger partial charge in [-0.15, -0.1) is 0 Å². The molecule has 0 aliphatic heterocycles. The van der Waals surface area contributed by atoms with Gasteiger partial charge in [0.1, 0.15) is 11.5 Å². The number of phenolic OH excluding ortho intramolecular Hbond substituents is 1. The molecule has 2 rings (SSSR count). The van der Waals surface area contributed by atoms with Crippen LogP contribution in [0.15, 0.2) is 53.4 Å². The molecule has 0 spiro atoms. The Labute approximate surface area is 162 Å². The molecule has 0 fully saturated rings. The highest BCUT2D eigenvalue weighted by molar-refractivity contribution is 8.01. The Morgan fingerprint density at radius 2 is 1.89 bits per heavy atom. The number of aromatic hydroxyl groups is 1. The van der Waals surface area contributed by atoms with E-state index in [-0.39, 0.29) is 18.1 Å². The second-order valence-electron chi connectivity index (χ2n) is 6.04. The molecule has 0 heterocycles. The third kappa shape index (κ3) is 5.63. The third-order valence-electron chi connectivity index (χ3n) is 3.62. The highest BCUT2D eigenvalue weighted by Crippen LogP contribution is 2.39. The molecule has 0 bridgehead atoms. The first-order valence-corrected chi connectivity index (χ1v) is 9.49. The summed E-state index contributed by atoms with van der Waals surface area (Å²) in [7, 11) is 0. The number of aliphatic hydroxyl groups is 1. The van der Waals surface area contributed by atoms with Gasteiger partial charge in [0.15, 0.2) is 0 Å². The van der Waals surface area contributed by atoms with Gasteiger partial charge in [-0.2, -0.15) is 0 Å². The number of aliphatic hydroxyl groups excluding tert-OH is 1. The van der Waals surface area contributed by atoms with Crippen LogP contribution in [0.4, 0.5) is 0 Å². The van der Waals surface area contributed by atoms with Crippen LogP contribution < -0.4 is 4.74 Å². The molecule has 0 radical (unpaired) electrons. The summed E-state index contributed by atoms with van der Waals surface area (Å²) in [5.74, 6) is -1.08.